The SMILES string of the molecule is Cn1c(CSc2n[nH]c(C3CCCC3)n2)cc(=O)n(C)c1=O. The molecule has 1 N–H and O–H groups in total. The molecule has 0 bridgehead atoms. The minimum Gasteiger partial charge on any atom is -0.300 e. The second kappa shape index (κ2) is 6.12. The Hall–Kier alpha value is -1.83. The van der Waals surface area contributed by atoms with E-state index >= 15 is 0 Å². The molecule has 0 amide bonds. The molecule has 0 radical (unpaired) electrons. The predicted molar refractivity (Wildman–Crippen MR) is 84.1 cm³/mol. The number of aromatic amines is 1. The molecule has 3 rings (SSSR count). The molecule has 1 fully saturated rings. The molecule has 2 aromatic heterocycles. The van der Waals surface area contributed by atoms with E-state index in [-0.39, 0.29) is 11.2 Å². The fourth-order valence-corrected chi connectivity index (χ4v) is 3.59. The van der Waals surface area contributed by atoms with Gasteiger partial charge in [-0.15, -0.1) is 5.10 Å². The van der Waals surface area contributed by atoms with E-state index in [4.69, 9.17) is 0 Å². The van der Waals surface area contributed by atoms with E-state index < -0.39 is 0 Å². The van der Waals surface area contributed by atoms with Crippen LogP contribution in [0.15, 0.2) is 20.8 Å². The molecule has 0 atom stereocenters. The molecule has 1 aliphatic carbocycles. The second-order valence-electron chi connectivity index (χ2n) is 5.65. The zero-order chi connectivity index (χ0) is 15.7. The van der Waals surface area contributed by atoms with Gasteiger partial charge < -0.3 is 0 Å². The van der Waals surface area contributed by atoms with E-state index in [1.165, 1.54) is 55.1 Å². The van der Waals surface area contributed by atoms with Gasteiger partial charge in [-0.25, -0.2) is 9.78 Å². The molecule has 0 spiro atoms. The van der Waals surface area contributed by atoms with Crippen LogP contribution in [0.25, 0.3) is 0 Å². The molecular formula is C14H19N5O2S. The predicted octanol–water partition coefficient (Wildman–Crippen LogP) is 1.15. The molecule has 0 aliphatic heterocycles. The van der Waals surface area contributed by atoms with Crippen LogP contribution in [0, 0.1) is 0 Å². The molecule has 2 aromatic rings. The number of rotatable bonds is 4. The van der Waals surface area contributed by atoms with Crippen molar-refractivity contribution in [2.75, 3.05) is 0 Å². The van der Waals surface area contributed by atoms with Crippen molar-refractivity contribution in [1.29, 1.82) is 0 Å². The number of H-pyrrole nitrogens is 1. The Morgan fingerprint density at radius 1 is 1.27 bits per heavy atom. The highest BCUT2D eigenvalue weighted by atomic mass is 32.2. The number of aromatic nitrogens is 5. The van der Waals surface area contributed by atoms with Gasteiger partial charge in [0, 0.05) is 37.5 Å². The summed E-state index contributed by atoms with van der Waals surface area (Å²) in [5.74, 6) is 1.94. The van der Waals surface area contributed by atoms with Crippen LogP contribution >= 0.6 is 11.8 Å². The average molecular weight is 321 g/mol. The Kier molecular flexibility index (Phi) is 4.19. The van der Waals surface area contributed by atoms with Gasteiger partial charge in [-0.2, -0.15) is 0 Å². The van der Waals surface area contributed by atoms with E-state index in [2.05, 4.69) is 15.2 Å². The first kappa shape index (κ1) is 15.1. The summed E-state index contributed by atoms with van der Waals surface area (Å²) >= 11 is 1.43. The fraction of sp³-hybridized carbons (Fsp3) is 0.571. The van der Waals surface area contributed by atoms with Crippen LogP contribution in [0.3, 0.4) is 0 Å². The van der Waals surface area contributed by atoms with Gasteiger partial charge in [-0.1, -0.05) is 24.6 Å². The number of nitrogens with zero attached hydrogens (tertiary/aromatic N) is 4. The molecule has 118 valence electrons. The quantitative estimate of drug-likeness (QED) is 0.854. The van der Waals surface area contributed by atoms with Crippen molar-refractivity contribution in [3.8, 4) is 0 Å². The van der Waals surface area contributed by atoms with Crippen molar-refractivity contribution < 1.29 is 0 Å². The largest absolute Gasteiger partial charge is 0.330 e. The fourth-order valence-electron chi connectivity index (χ4n) is 2.76. The summed E-state index contributed by atoms with van der Waals surface area (Å²) < 4.78 is 2.58. The zero-order valence-electron chi connectivity index (χ0n) is 12.7. The number of hydrogen-bond acceptors (Lipinski definition) is 5. The molecule has 7 nitrogen and oxygen atoms in total. The van der Waals surface area contributed by atoms with Crippen LogP contribution in [-0.2, 0) is 19.8 Å². The first-order valence-electron chi connectivity index (χ1n) is 7.37. The van der Waals surface area contributed by atoms with E-state index in [9.17, 15) is 9.59 Å². The third kappa shape index (κ3) is 2.87. The highest BCUT2D eigenvalue weighted by Crippen LogP contribution is 2.32. The van der Waals surface area contributed by atoms with Crippen molar-refractivity contribution in [2.24, 2.45) is 14.1 Å². The van der Waals surface area contributed by atoms with Gasteiger partial charge in [-0.05, 0) is 12.8 Å². The molecule has 1 saturated carbocycles. The molecule has 0 saturated heterocycles. The van der Waals surface area contributed by atoms with Gasteiger partial charge in [0.1, 0.15) is 5.82 Å². The number of thioether (sulfide) groups is 1. The summed E-state index contributed by atoms with van der Waals surface area (Å²) in [6, 6.07) is 1.49. The molecular weight excluding hydrogens is 302 g/mol. The van der Waals surface area contributed by atoms with Crippen LogP contribution in [0.5, 0.6) is 0 Å². The number of hydrogen-bond donors (Lipinski definition) is 1. The lowest BCUT2D eigenvalue weighted by Crippen LogP contribution is -2.37. The highest BCUT2D eigenvalue weighted by molar-refractivity contribution is 7.98. The average Bonchev–Trinajstić information content (AvgIpc) is 3.18. The molecule has 2 heterocycles. The van der Waals surface area contributed by atoms with Gasteiger partial charge in [0.25, 0.3) is 5.56 Å². The Morgan fingerprint density at radius 3 is 2.73 bits per heavy atom. The molecule has 22 heavy (non-hydrogen) atoms. The van der Waals surface area contributed by atoms with Crippen LogP contribution in [0.2, 0.25) is 0 Å². The molecule has 1 aliphatic rings. The van der Waals surface area contributed by atoms with Gasteiger partial charge in [0.2, 0.25) is 5.16 Å². The van der Waals surface area contributed by atoms with Gasteiger partial charge in [0.15, 0.2) is 0 Å². The first-order chi connectivity index (χ1) is 10.6. The maximum absolute atomic E-state index is 11.9. The monoisotopic (exact) mass is 321 g/mol. The third-order valence-electron chi connectivity index (χ3n) is 4.20. The van der Waals surface area contributed by atoms with E-state index in [1.807, 2.05) is 0 Å². The van der Waals surface area contributed by atoms with Gasteiger partial charge in [-0.3, -0.25) is 19.0 Å². The summed E-state index contributed by atoms with van der Waals surface area (Å²) in [7, 11) is 3.14. The van der Waals surface area contributed by atoms with E-state index in [1.54, 1.807) is 7.05 Å². The summed E-state index contributed by atoms with van der Waals surface area (Å²) in [5.41, 5.74) is 0.0652. The van der Waals surface area contributed by atoms with Gasteiger partial charge in [0.05, 0.1) is 0 Å². The molecule has 8 heteroatoms. The summed E-state index contributed by atoms with van der Waals surface area (Å²) in [5, 5.41) is 7.90. The Morgan fingerprint density at radius 2 is 2.00 bits per heavy atom. The van der Waals surface area contributed by atoms with Crippen molar-refractivity contribution in [2.45, 2.75) is 42.5 Å². The minimum atomic E-state index is -0.315. The van der Waals surface area contributed by atoms with Crippen molar-refractivity contribution in [3.05, 3.63) is 38.4 Å². The Balaban J connectivity index is 1.73. The Bertz CT molecular complexity index is 785. The third-order valence-corrected chi connectivity index (χ3v) is 5.08. The maximum atomic E-state index is 11.9. The standard InChI is InChI=1S/C14H19N5O2S/c1-18-10(7-11(20)19(2)14(18)21)8-22-13-15-12(16-17-13)9-5-3-4-6-9/h7,9H,3-6,8H2,1-2H3,(H,15,16,17). The zero-order valence-corrected chi connectivity index (χ0v) is 13.5. The summed E-state index contributed by atoms with van der Waals surface area (Å²) in [6.45, 7) is 0. The van der Waals surface area contributed by atoms with Crippen molar-refractivity contribution in [3.63, 3.8) is 0 Å². The molecule has 0 unspecified atom stereocenters. The first-order valence-corrected chi connectivity index (χ1v) is 8.36. The lowest BCUT2D eigenvalue weighted by atomic mass is 10.1. The molecule has 0 aromatic carbocycles. The lowest BCUT2D eigenvalue weighted by Gasteiger charge is -2.07. The highest BCUT2D eigenvalue weighted by Gasteiger charge is 2.20. The summed E-state index contributed by atoms with van der Waals surface area (Å²) in [4.78, 5) is 28.1. The summed E-state index contributed by atoms with van der Waals surface area (Å²) in [6.07, 6.45) is 4.84. The van der Waals surface area contributed by atoms with Crippen molar-refractivity contribution >= 4 is 11.8 Å². The van der Waals surface area contributed by atoms with Crippen molar-refractivity contribution in [1.82, 2.24) is 24.3 Å². The smallest absolute Gasteiger partial charge is 0.300 e. The minimum absolute atomic E-state index is 0.291. The van der Waals surface area contributed by atoms with Crippen LogP contribution in [-0.4, -0.2) is 24.3 Å². The lowest BCUT2D eigenvalue weighted by molar-refractivity contribution is 0.664. The number of nitrogens with one attached hydrogen (secondary N) is 1. The van der Waals surface area contributed by atoms with E-state index in [0.717, 1.165) is 10.4 Å². The van der Waals surface area contributed by atoms with Gasteiger partial charge >= 0.3 is 5.69 Å². The van der Waals surface area contributed by atoms with E-state index in [0.29, 0.717) is 22.5 Å². The topological polar surface area (TPSA) is 85.6 Å². The normalized spacial score (nSPS) is 15.5. The van der Waals surface area contributed by atoms with Crippen LogP contribution in [0.4, 0.5) is 0 Å². The maximum Gasteiger partial charge on any atom is 0.330 e. The van der Waals surface area contributed by atoms with Crippen LogP contribution in [0.1, 0.15) is 43.1 Å². The Labute approximate surface area is 131 Å². The van der Waals surface area contributed by atoms with Crippen LogP contribution < -0.4 is 11.2 Å². The second-order valence-corrected chi connectivity index (χ2v) is 6.59.